The Morgan fingerprint density at radius 2 is 2.00 bits per heavy atom. The minimum atomic E-state index is -4.30. The van der Waals surface area contributed by atoms with Crippen LogP contribution in [0, 0.1) is 0 Å². The Hall–Kier alpha value is -1.11. The Labute approximate surface area is 89.0 Å². The van der Waals surface area contributed by atoms with Crippen LogP contribution in [0.3, 0.4) is 0 Å². The standard InChI is InChI=1S/C9H10F4O3/c1-4(2)6(14)15-5(3)8(11)7(10)16-9(8,12)13/h5,7H,1H2,2-3H3. The van der Waals surface area contributed by atoms with Gasteiger partial charge in [-0.15, -0.1) is 0 Å². The van der Waals surface area contributed by atoms with Gasteiger partial charge in [0, 0.05) is 5.57 Å². The van der Waals surface area contributed by atoms with Crippen molar-refractivity contribution in [3.8, 4) is 0 Å². The maximum Gasteiger partial charge on any atom is 0.401 e. The largest absolute Gasteiger partial charge is 0.455 e. The topological polar surface area (TPSA) is 35.5 Å². The van der Waals surface area contributed by atoms with Gasteiger partial charge in [0.2, 0.25) is 0 Å². The number of alkyl halides is 4. The zero-order chi connectivity index (χ0) is 12.7. The lowest BCUT2D eigenvalue weighted by Gasteiger charge is -2.46. The van der Waals surface area contributed by atoms with Gasteiger partial charge in [0.05, 0.1) is 0 Å². The van der Waals surface area contributed by atoms with Crippen molar-refractivity contribution in [3.05, 3.63) is 12.2 Å². The first-order chi connectivity index (χ1) is 7.13. The molecule has 0 bridgehead atoms. The third-order valence-electron chi connectivity index (χ3n) is 2.25. The van der Waals surface area contributed by atoms with Crippen molar-refractivity contribution in [1.29, 1.82) is 0 Å². The molecule has 0 aromatic rings. The molecule has 1 fully saturated rings. The number of rotatable bonds is 3. The average molecular weight is 242 g/mol. The molecule has 1 aliphatic heterocycles. The molecule has 0 N–H and O–H groups in total. The van der Waals surface area contributed by atoms with Crippen molar-refractivity contribution >= 4 is 5.97 Å². The molecule has 7 heteroatoms. The van der Waals surface area contributed by atoms with E-state index in [0.29, 0.717) is 0 Å². The Morgan fingerprint density at radius 1 is 1.50 bits per heavy atom. The molecule has 0 saturated carbocycles. The highest BCUT2D eigenvalue weighted by Gasteiger charge is 2.77. The van der Waals surface area contributed by atoms with Gasteiger partial charge in [-0.05, 0) is 13.8 Å². The summed E-state index contributed by atoms with van der Waals surface area (Å²) >= 11 is 0. The molecule has 0 aromatic carbocycles. The highest BCUT2D eigenvalue weighted by atomic mass is 19.3. The second-order valence-electron chi connectivity index (χ2n) is 3.55. The summed E-state index contributed by atoms with van der Waals surface area (Å²) in [5.41, 5.74) is -3.76. The third-order valence-corrected chi connectivity index (χ3v) is 2.25. The number of carbonyl (C=O) groups excluding carboxylic acids is 1. The molecule has 0 spiro atoms. The minimum Gasteiger partial charge on any atom is -0.455 e. The number of esters is 1. The van der Waals surface area contributed by atoms with Crippen LogP contribution in [0.15, 0.2) is 12.2 Å². The first kappa shape index (κ1) is 13.0. The SMILES string of the molecule is C=C(C)C(=O)OC(C)C1(F)C(F)OC1(F)F. The Balaban J connectivity index is 2.77. The van der Waals surface area contributed by atoms with Crippen molar-refractivity contribution < 1.29 is 31.8 Å². The van der Waals surface area contributed by atoms with Crippen LogP contribution in [0.5, 0.6) is 0 Å². The van der Waals surface area contributed by atoms with Crippen molar-refractivity contribution in [1.82, 2.24) is 0 Å². The van der Waals surface area contributed by atoms with Gasteiger partial charge in [0.1, 0.15) is 6.10 Å². The molecule has 3 nitrogen and oxygen atoms in total. The van der Waals surface area contributed by atoms with Gasteiger partial charge in [-0.1, -0.05) is 6.58 Å². The molecular formula is C9H10F4O3. The molecule has 0 radical (unpaired) electrons. The van der Waals surface area contributed by atoms with Crippen LogP contribution in [0.2, 0.25) is 0 Å². The summed E-state index contributed by atoms with van der Waals surface area (Å²) < 4.78 is 59.2. The van der Waals surface area contributed by atoms with E-state index >= 15 is 0 Å². The Morgan fingerprint density at radius 3 is 2.31 bits per heavy atom. The maximum atomic E-state index is 13.5. The van der Waals surface area contributed by atoms with E-state index in [1.807, 2.05) is 0 Å². The van der Waals surface area contributed by atoms with Crippen molar-refractivity contribution in [2.75, 3.05) is 0 Å². The molecular weight excluding hydrogens is 232 g/mol. The van der Waals surface area contributed by atoms with Crippen LogP contribution in [-0.4, -0.2) is 30.2 Å². The first-order valence-corrected chi connectivity index (χ1v) is 4.38. The zero-order valence-corrected chi connectivity index (χ0v) is 8.60. The van der Waals surface area contributed by atoms with Crippen molar-refractivity contribution in [3.63, 3.8) is 0 Å². The summed E-state index contributed by atoms with van der Waals surface area (Å²) in [6, 6.07) is 0. The van der Waals surface area contributed by atoms with Gasteiger partial charge in [0.15, 0.2) is 0 Å². The summed E-state index contributed by atoms with van der Waals surface area (Å²) in [5, 5.41) is 0. The fourth-order valence-electron chi connectivity index (χ4n) is 1.15. The van der Waals surface area contributed by atoms with Gasteiger partial charge in [0.25, 0.3) is 12.0 Å². The Bertz CT molecular complexity index is 331. The minimum absolute atomic E-state index is 0.102. The number of hydrogen-bond donors (Lipinski definition) is 0. The molecule has 0 aromatic heterocycles. The number of hydrogen-bond acceptors (Lipinski definition) is 3. The summed E-state index contributed by atoms with van der Waals surface area (Å²) in [7, 11) is 0. The molecule has 16 heavy (non-hydrogen) atoms. The lowest BCUT2D eigenvalue weighted by molar-refractivity contribution is -0.479. The molecule has 1 heterocycles. The second kappa shape index (κ2) is 3.73. The van der Waals surface area contributed by atoms with E-state index < -0.39 is 30.2 Å². The van der Waals surface area contributed by atoms with E-state index in [1.165, 1.54) is 6.92 Å². The van der Waals surface area contributed by atoms with Gasteiger partial charge in [-0.3, -0.25) is 4.74 Å². The first-order valence-electron chi connectivity index (χ1n) is 4.38. The maximum absolute atomic E-state index is 13.5. The van der Waals surface area contributed by atoms with Gasteiger partial charge in [-0.25, -0.2) is 13.6 Å². The van der Waals surface area contributed by atoms with E-state index in [9.17, 15) is 22.4 Å². The smallest absolute Gasteiger partial charge is 0.401 e. The van der Waals surface area contributed by atoms with E-state index in [0.717, 1.165) is 6.92 Å². The lowest BCUT2D eigenvalue weighted by atomic mass is 9.93. The summed E-state index contributed by atoms with van der Waals surface area (Å²) in [6.07, 6.45) is -9.10. The number of ether oxygens (including phenoxy) is 2. The molecule has 1 rings (SSSR count). The molecule has 1 aliphatic rings. The van der Waals surface area contributed by atoms with Crippen LogP contribution in [-0.2, 0) is 14.3 Å². The molecule has 92 valence electrons. The summed E-state index contributed by atoms with van der Waals surface area (Å²) in [6.45, 7) is 5.26. The highest BCUT2D eigenvalue weighted by Crippen LogP contribution is 2.51. The average Bonchev–Trinajstić information content (AvgIpc) is 2.15. The van der Waals surface area contributed by atoms with Crippen LogP contribution in [0.25, 0.3) is 0 Å². The monoisotopic (exact) mass is 242 g/mol. The van der Waals surface area contributed by atoms with Crippen LogP contribution in [0.4, 0.5) is 17.6 Å². The molecule has 1 saturated heterocycles. The van der Waals surface area contributed by atoms with Crippen molar-refractivity contribution in [2.24, 2.45) is 0 Å². The van der Waals surface area contributed by atoms with Crippen LogP contribution >= 0.6 is 0 Å². The summed E-state index contributed by atoms with van der Waals surface area (Å²) in [4.78, 5) is 11.0. The zero-order valence-electron chi connectivity index (χ0n) is 8.60. The third kappa shape index (κ3) is 1.68. The number of carbonyl (C=O) groups is 1. The van der Waals surface area contributed by atoms with Crippen LogP contribution in [0.1, 0.15) is 13.8 Å². The van der Waals surface area contributed by atoms with Gasteiger partial charge < -0.3 is 4.74 Å². The summed E-state index contributed by atoms with van der Waals surface area (Å²) in [5.74, 6) is -1.07. The van der Waals surface area contributed by atoms with E-state index in [-0.39, 0.29) is 5.57 Å². The predicted molar refractivity (Wildman–Crippen MR) is 45.1 cm³/mol. The van der Waals surface area contributed by atoms with E-state index in [4.69, 9.17) is 0 Å². The quantitative estimate of drug-likeness (QED) is 0.432. The molecule has 0 amide bonds. The van der Waals surface area contributed by atoms with Crippen LogP contribution < -0.4 is 0 Å². The highest BCUT2D eigenvalue weighted by molar-refractivity contribution is 5.87. The lowest BCUT2D eigenvalue weighted by Crippen LogP contribution is -2.71. The number of halogens is 4. The second-order valence-corrected chi connectivity index (χ2v) is 3.55. The van der Waals surface area contributed by atoms with E-state index in [1.54, 1.807) is 0 Å². The van der Waals surface area contributed by atoms with Gasteiger partial charge in [-0.2, -0.15) is 8.78 Å². The van der Waals surface area contributed by atoms with Crippen molar-refractivity contribution in [2.45, 2.75) is 38.1 Å². The predicted octanol–water partition coefficient (Wildman–Crippen LogP) is 2.12. The molecule has 0 aliphatic carbocycles. The Kier molecular flexibility index (Phi) is 3.02. The normalized spacial score (nSPS) is 33.8. The fraction of sp³-hybridized carbons (Fsp3) is 0.667. The fourth-order valence-corrected chi connectivity index (χ4v) is 1.15. The van der Waals surface area contributed by atoms with Gasteiger partial charge >= 0.3 is 12.1 Å². The van der Waals surface area contributed by atoms with E-state index in [2.05, 4.69) is 16.1 Å². The molecule has 3 unspecified atom stereocenters. The molecule has 3 atom stereocenters.